The molecule has 0 spiro atoms. The van der Waals surface area contributed by atoms with Gasteiger partial charge in [0.2, 0.25) is 5.91 Å². The fraction of sp³-hybridized carbons (Fsp3) is 0.273. The number of nitrogens with two attached hydrogens (primary N) is 1. The van der Waals surface area contributed by atoms with Crippen molar-refractivity contribution in [3.05, 3.63) is 29.8 Å². The average molecular weight is 219 g/mol. The largest absolute Gasteiger partial charge is 0.330 e. The Morgan fingerprint density at radius 2 is 2.19 bits per heavy atom. The number of nitrogens with zero attached hydrogens (tertiary/aromatic N) is 1. The molecule has 1 saturated heterocycles. The minimum Gasteiger partial charge on any atom is -0.330 e. The van der Waals surface area contributed by atoms with Crippen molar-refractivity contribution in [2.45, 2.75) is 6.42 Å². The number of amides is 3. The molecule has 1 aliphatic heterocycles. The van der Waals surface area contributed by atoms with Crippen LogP contribution in [-0.2, 0) is 11.2 Å². The number of carbonyl (C=O) groups excluding carboxylic acids is 2. The first kappa shape index (κ1) is 10.6. The predicted octanol–water partition coefficient (Wildman–Crippen LogP) is 0.244. The maximum atomic E-state index is 11.4. The third kappa shape index (κ3) is 2.04. The van der Waals surface area contributed by atoms with E-state index in [4.69, 9.17) is 5.73 Å². The lowest BCUT2D eigenvalue weighted by Crippen LogP contribution is -2.27. The van der Waals surface area contributed by atoms with Gasteiger partial charge in [-0.25, -0.2) is 4.79 Å². The monoisotopic (exact) mass is 219 g/mol. The summed E-state index contributed by atoms with van der Waals surface area (Å²) in [5.74, 6) is -0.269. The average Bonchev–Trinajstić information content (AvgIpc) is 2.59. The highest BCUT2D eigenvalue weighted by Gasteiger charge is 2.27. The lowest BCUT2D eigenvalue weighted by Gasteiger charge is -2.14. The molecule has 0 radical (unpaired) electrons. The molecule has 0 atom stereocenters. The number of hydrogen-bond donors (Lipinski definition) is 2. The van der Waals surface area contributed by atoms with E-state index in [1.807, 2.05) is 18.2 Å². The molecule has 5 nitrogen and oxygen atoms in total. The Kier molecular flexibility index (Phi) is 2.87. The van der Waals surface area contributed by atoms with Gasteiger partial charge in [0.15, 0.2) is 0 Å². The second kappa shape index (κ2) is 4.32. The molecule has 0 unspecified atom stereocenters. The van der Waals surface area contributed by atoms with Gasteiger partial charge in [-0.15, -0.1) is 0 Å². The van der Waals surface area contributed by atoms with E-state index in [0.29, 0.717) is 6.54 Å². The molecule has 1 heterocycles. The van der Waals surface area contributed by atoms with Crippen LogP contribution >= 0.6 is 0 Å². The van der Waals surface area contributed by atoms with Crippen LogP contribution in [0.3, 0.4) is 0 Å². The predicted molar refractivity (Wildman–Crippen MR) is 60.1 cm³/mol. The Morgan fingerprint density at radius 1 is 1.38 bits per heavy atom. The Labute approximate surface area is 93.2 Å². The topological polar surface area (TPSA) is 75.4 Å². The number of benzene rings is 1. The van der Waals surface area contributed by atoms with Crippen LogP contribution in [0.2, 0.25) is 0 Å². The molecular formula is C11H13N3O2. The van der Waals surface area contributed by atoms with Gasteiger partial charge in [0.05, 0.1) is 0 Å². The van der Waals surface area contributed by atoms with E-state index in [2.05, 4.69) is 5.32 Å². The van der Waals surface area contributed by atoms with Crippen LogP contribution in [0.1, 0.15) is 5.56 Å². The van der Waals surface area contributed by atoms with Crippen molar-refractivity contribution in [2.75, 3.05) is 18.0 Å². The number of imide groups is 1. The van der Waals surface area contributed by atoms with Crippen molar-refractivity contribution in [3.63, 3.8) is 0 Å². The summed E-state index contributed by atoms with van der Waals surface area (Å²) in [6.45, 7) is 0.652. The van der Waals surface area contributed by atoms with Gasteiger partial charge in [-0.3, -0.25) is 15.0 Å². The standard InChI is InChI=1S/C11H13N3O2/c12-5-4-8-2-1-3-9(6-8)14-7-10(15)13-11(14)16/h1-3,6H,4-5,7,12H2,(H,13,15,16). The second-order valence-electron chi connectivity index (χ2n) is 3.65. The highest BCUT2D eigenvalue weighted by molar-refractivity contribution is 6.12. The van der Waals surface area contributed by atoms with E-state index in [1.54, 1.807) is 6.07 Å². The summed E-state index contributed by atoms with van der Waals surface area (Å²) in [6.07, 6.45) is 0.761. The lowest BCUT2D eigenvalue weighted by atomic mass is 10.1. The summed E-state index contributed by atoms with van der Waals surface area (Å²) >= 11 is 0. The van der Waals surface area contributed by atoms with Gasteiger partial charge in [-0.2, -0.15) is 0 Å². The molecule has 5 heteroatoms. The first-order valence-corrected chi connectivity index (χ1v) is 5.11. The zero-order valence-electron chi connectivity index (χ0n) is 8.77. The maximum Gasteiger partial charge on any atom is 0.329 e. The molecule has 16 heavy (non-hydrogen) atoms. The Morgan fingerprint density at radius 3 is 2.81 bits per heavy atom. The number of nitrogens with one attached hydrogen (secondary N) is 1. The zero-order chi connectivity index (χ0) is 11.5. The lowest BCUT2D eigenvalue weighted by molar-refractivity contribution is -0.117. The summed E-state index contributed by atoms with van der Waals surface area (Å²) < 4.78 is 0. The first-order valence-electron chi connectivity index (χ1n) is 5.11. The quantitative estimate of drug-likeness (QED) is 0.715. The number of hydrogen-bond acceptors (Lipinski definition) is 3. The number of carbonyl (C=O) groups is 2. The molecule has 3 amide bonds. The van der Waals surface area contributed by atoms with E-state index < -0.39 is 0 Å². The molecule has 0 bridgehead atoms. The van der Waals surface area contributed by atoms with Crippen LogP contribution in [0.5, 0.6) is 0 Å². The zero-order valence-corrected chi connectivity index (χ0v) is 8.77. The molecule has 0 saturated carbocycles. The molecule has 84 valence electrons. The van der Waals surface area contributed by atoms with Crippen molar-refractivity contribution in [1.29, 1.82) is 0 Å². The third-order valence-corrected chi connectivity index (χ3v) is 2.45. The Hall–Kier alpha value is -1.88. The van der Waals surface area contributed by atoms with Gasteiger partial charge >= 0.3 is 6.03 Å². The summed E-state index contributed by atoms with van der Waals surface area (Å²) in [4.78, 5) is 23.9. The fourth-order valence-electron chi connectivity index (χ4n) is 1.70. The molecule has 1 aromatic carbocycles. The van der Waals surface area contributed by atoms with E-state index in [-0.39, 0.29) is 18.5 Å². The van der Waals surface area contributed by atoms with Crippen LogP contribution in [0.15, 0.2) is 24.3 Å². The summed E-state index contributed by atoms with van der Waals surface area (Å²) in [5, 5.41) is 2.24. The van der Waals surface area contributed by atoms with E-state index in [1.165, 1.54) is 4.90 Å². The third-order valence-electron chi connectivity index (χ3n) is 2.45. The van der Waals surface area contributed by atoms with Crippen LogP contribution in [0, 0.1) is 0 Å². The molecule has 1 aliphatic rings. The molecule has 1 fully saturated rings. The van der Waals surface area contributed by atoms with E-state index in [9.17, 15) is 9.59 Å². The van der Waals surface area contributed by atoms with Crippen molar-refractivity contribution in [1.82, 2.24) is 5.32 Å². The molecule has 0 aliphatic carbocycles. The molecule has 0 aromatic heterocycles. The van der Waals surface area contributed by atoms with Crippen molar-refractivity contribution < 1.29 is 9.59 Å². The maximum absolute atomic E-state index is 11.4. The Bertz CT molecular complexity index is 431. The normalized spacial score (nSPS) is 15.4. The molecule has 1 aromatic rings. The summed E-state index contributed by atoms with van der Waals surface area (Å²) in [5.41, 5.74) is 7.26. The van der Waals surface area contributed by atoms with Crippen molar-refractivity contribution >= 4 is 17.6 Å². The highest BCUT2D eigenvalue weighted by Crippen LogP contribution is 2.18. The van der Waals surface area contributed by atoms with Crippen LogP contribution in [-0.4, -0.2) is 25.0 Å². The summed E-state index contributed by atoms with van der Waals surface area (Å²) in [7, 11) is 0. The van der Waals surface area contributed by atoms with Crippen LogP contribution < -0.4 is 16.0 Å². The van der Waals surface area contributed by atoms with Gasteiger partial charge < -0.3 is 5.73 Å². The van der Waals surface area contributed by atoms with Gasteiger partial charge in [0, 0.05) is 5.69 Å². The number of anilines is 1. The molecule has 2 rings (SSSR count). The number of rotatable bonds is 3. The van der Waals surface area contributed by atoms with Gasteiger partial charge in [0.1, 0.15) is 6.54 Å². The minimum absolute atomic E-state index is 0.0882. The second-order valence-corrected chi connectivity index (χ2v) is 3.65. The van der Waals surface area contributed by atoms with Crippen LogP contribution in [0.4, 0.5) is 10.5 Å². The van der Waals surface area contributed by atoms with Crippen molar-refractivity contribution in [2.24, 2.45) is 5.73 Å². The van der Waals surface area contributed by atoms with E-state index >= 15 is 0 Å². The molecule has 3 N–H and O–H groups in total. The highest BCUT2D eigenvalue weighted by atomic mass is 16.2. The van der Waals surface area contributed by atoms with Crippen LogP contribution in [0.25, 0.3) is 0 Å². The van der Waals surface area contributed by atoms with Gasteiger partial charge in [-0.05, 0) is 30.7 Å². The number of urea groups is 1. The fourth-order valence-corrected chi connectivity index (χ4v) is 1.70. The smallest absolute Gasteiger partial charge is 0.329 e. The molecular weight excluding hydrogens is 206 g/mol. The van der Waals surface area contributed by atoms with Gasteiger partial charge in [0.25, 0.3) is 0 Å². The summed E-state index contributed by atoms with van der Waals surface area (Å²) in [6, 6.07) is 7.13. The SMILES string of the molecule is NCCc1cccc(N2CC(=O)NC2=O)c1. The minimum atomic E-state index is -0.366. The van der Waals surface area contributed by atoms with Gasteiger partial charge in [-0.1, -0.05) is 12.1 Å². The Balaban J connectivity index is 2.23. The first-order chi connectivity index (χ1) is 7.70. The van der Waals surface area contributed by atoms with E-state index in [0.717, 1.165) is 17.7 Å². The van der Waals surface area contributed by atoms with Crippen molar-refractivity contribution in [3.8, 4) is 0 Å².